The van der Waals surface area contributed by atoms with E-state index in [1.165, 1.54) is 6.07 Å². The predicted octanol–water partition coefficient (Wildman–Crippen LogP) is 0.835. The van der Waals surface area contributed by atoms with Gasteiger partial charge in [-0.3, -0.25) is 9.69 Å². The van der Waals surface area contributed by atoms with Gasteiger partial charge in [-0.15, -0.1) is 5.10 Å². The number of hydrogen-bond donors (Lipinski definition) is 1. The molecule has 1 aliphatic rings. The molecule has 2 aromatic rings. The number of primary amides is 1. The number of aromatic nitrogens is 3. The van der Waals surface area contributed by atoms with E-state index in [9.17, 15) is 9.18 Å². The number of carbonyl (C=O) groups is 1. The van der Waals surface area contributed by atoms with Crippen molar-refractivity contribution in [2.75, 3.05) is 13.1 Å². The number of amides is 1. The molecule has 118 valence electrons. The third-order valence-electron chi connectivity index (χ3n) is 3.94. The van der Waals surface area contributed by atoms with E-state index in [1.54, 1.807) is 23.0 Å². The molecule has 2 heterocycles. The summed E-state index contributed by atoms with van der Waals surface area (Å²) in [6, 6.07) is 6.54. The lowest BCUT2D eigenvalue weighted by atomic mass is 10.1. The van der Waals surface area contributed by atoms with Crippen molar-refractivity contribution in [1.29, 1.82) is 5.26 Å². The van der Waals surface area contributed by atoms with Gasteiger partial charge in [-0.25, -0.2) is 9.07 Å². The van der Waals surface area contributed by atoms with Gasteiger partial charge in [-0.1, -0.05) is 11.3 Å². The smallest absolute Gasteiger partial charge is 0.270 e. The van der Waals surface area contributed by atoms with Gasteiger partial charge < -0.3 is 5.73 Å². The molecule has 0 spiro atoms. The summed E-state index contributed by atoms with van der Waals surface area (Å²) in [5.41, 5.74) is 6.27. The molecule has 8 heteroatoms. The second-order valence-corrected chi connectivity index (χ2v) is 5.55. The van der Waals surface area contributed by atoms with E-state index in [0.717, 1.165) is 25.1 Å². The fourth-order valence-electron chi connectivity index (χ4n) is 2.75. The maximum Gasteiger partial charge on any atom is 0.270 e. The Morgan fingerprint density at radius 3 is 3.04 bits per heavy atom. The van der Waals surface area contributed by atoms with E-state index < -0.39 is 11.7 Å². The fourth-order valence-corrected chi connectivity index (χ4v) is 2.75. The molecule has 0 bridgehead atoms. The number of nitriles is 1. The van der Waals surface area contributed by atoms with Crippen LogP contribution in [-0.2, 0) is 6.54 Å². The zero-order valence-electron chi connectivity index (χ0n) is 12.3. The van der Waals surface area contributed by atoms with Crippen molar-refractivity contribution in [2.24, 2.45) is 5.73 Å². The Bertz CT molecular complexity index is 781. The molecule has 3 rings (SSSR count). The number of halogens is 1. The first-order valence-electron chi connectivity index (χ1n) is 7.19. The second-order valence-electron chi connectivity index (χ2n) is 5.55. The van der Waals surface area contributed by atoms with Crippen molar-refractivity contribution >= 4 is 5.91 Å². The standard InChI is InChI=1S/C15H15FN6O/c16-13-2-1-10(5-11(13)6-17)7-21-4-3-12(8-21)22-9-14(15(18)23)19-20-22/h1-2,5,9,12H,3-4,7-8H2,(H2,18,23). The molecule has 1 unspecified atom stereocenters. The van der Waals surface area contributed by atoms with Crippen LogP contribution in [0.15, 0.2) is 24.4 Å². The second kappa shape index (κ2) is 6.14. The number of hydrogen-bond acceptors (Lipinski definition) is 5. The lowest BCUT2D eigenvalue weighted by Crippen LogP contribution is -2.21. The van der Waals surface area contributed by atoms with Gasteiger partial charge in [0.25, 0.3) is 5.91 Å². The van der Waals surface area contributed by atoms with Crippen LogP contribution in [0.25, 0.3) is 0 Å². The molecule has 1 fully saturated rings. The highest BCUT2D eigenvalue weighted by Gasteiger charge is 2.25. The molecule has 7 nitrogen and oxygen atoms in total. The lowest BCUT2D eigenvalue weighted by Gasteiger charge is -2.16. The van der Waals surface area contributed by atoms with Gasteiger partial charge in [0.2, 0.25) is 0 Å². The summed E-state index contributed by atoms with van der Waals surface area (Å²) in [5.74, 6) is -1.10. The van der Waals surface area contributed by atoms with E-state index in [1.807, 2.05) is 6.07 Å². The van der Waals surface area contributed by atoms with Crippen molar-refractivity contribution in [3.8, 4) is 6.07 Å². The highest BCUT2D eigenvalue weighted by Crippen LogP contribution is 2.23. The maximum absolute atomic E-state index is 13.3. The minimum Gasteiger partial charge on any atom is -0.364 e. The highest BCUT2D eigenvalue weighted by molar-refractivity contribution is 5.90. The van der Waals surface area contributed by atoms with E-state index in [4.69, 9.17) is 11.0 Å². The number of rotatable bonds is 4. The summed E-state index contributed by atoms with van der Waals surface area (Å²) < 4.78 is 15.0. The average molecular weight is 314 g/mol. The zero-order valence-corrected chi connectivity index (χ0v) is 12.3. The molecule has 0 saturated carbocycles. The highest BCUT2D eigenvalue weighted by atomic mass is 19.1. The Morgan fingerprint density at radius 2 is 2.35 bits per heavy atom. The molecule has 0 radical (unpaired) electrons. The minimum atomic E-state index is -0.596. The first kappa shape index (κ1) is 15.1. The Kier molecular flexibility index (Phi) is 4.04. The minimum absolute atomic E-state index is 0.0561. The molecule has 1 saturated heterocycles. The Morgan fingerprint density at radius 1 is 1.52 bits per heavy atom. The fraction of sp³-hybridized carbons (Fsp3) is 0.333. The van der Waals surface area contributed by atoms with Crippen LogP contribution in [0.1, 0.15) is 34.1 Å². The van der Waals surface area contributed by atoms with Crippen LogP contribution in [0.2, 0.25) is 0 Å². The van der Waals surface area contributed by atoms with Crippen LogP contribution >= 0.6 is 0 Å². The molecule has 1 aliphatic heterocycles. The quantitative estimate of drug-likeness (QED) is 0.901. The molecule has 1 atom stereocenters. The molecule has 2 N–H and O–H groups in total. The van der Waals surface area contributed by atoms with Crippen molar-refractivity contribution in [2.45, 2.75) is 19.0 Å². The Hall–Kier alpha value is -2.79. The normalized spacial score (nSPS) is 18.0. The topological polar surface area (TPSA) is 101 Å². The van der Waals surface area contributed by atoms with Gasteiger partial charge in [0.05, 0.1) is 17.8 Å². The van der Waals surface area contributed by atoms with E-state index in [-0.39, 0.29) is 17.3 Å². The van der Waals surface area contributed by atoms with E-state index >= 15 is 0 Å². The summed E-state index contributed by atoms with van der Waals surface area (Å²) in [4.78, 5) is 13.2. The van der Waals surface area contributed by atoms with Crippen LogP contribution in [0.5, 0.6) is 0 Å². The third-order valence-corrected chi connectivity index (χ3v) is 3.94. The lowest BCUT2D eigenvalue weighted by molar-refractivity contribution is 0.0995. The van der Waals surface area contributed by atoms with Gasteiger partial charge in [0.15, 0.2) is 5.69 Å². The summed E-state index contributed by atoms with van der Waals surface area (Å²) >= 11 is 0. The number of nitrogens with zero attached hydrogens (tertiary/aromatic N) is 5. The largest absolute Gasteiger partial charge is 0.364 e. The number of benzene rings is 1. The zero-order chi connectivity index (χ0) is 16.4. The van der Waals surface area contributed by atoms with Gasteiger partial charge in [-0.05, 0) is 24.1 Å². The van der Waals surface area contributed by atoms with Crippen molar-refractivity contribution < 1.29 is 9.18 Å². The summed E-state index contributed by atoms with van der Waals surface area (Å²) in [5, 5.41) is 16.6. The Balaban J connectivity index is 1.66. The maximum atomic E-state index is 13.3. The van der Waals surface area contributed by atoms with Crippen molar-refractivity contribution in [1.82, 2.24) is 19.9 Å². The molecule has 1 amide bonds. The van der Waals surface area contributed by atoms with Crippen LogP contribution < -0.4 is 5.73 Å². The van der Waals surface area contributed by atoms with Gasteiger partial charge in [0, 0.05) is 19.6 Å². The summed E-state index contributed by atoms with van der Waals surface area (Å²) in [6.07, 6.45) is 2.43. The monoisotopic (exact) mass is 314 g/mol. The van der Waals surface area contributed by atoms with Crippen LogP contribution in [0.3, 0.4) is 0 Å². The van der Waals surface area contributed by atoms with Gasteiger partial charge in [-0.2, -0.15) is 5.26 Å². The first-order valence-corrected chi connectivity index (χ1v) is 7.19. The van der Waals surface area contributed by atoms with Gasteiger partial charge in [0.1, 0.15) is 11.9 Å². The predicted molar refractivity (Wildman–Crippen MR) is 78.6 cm³/mol. The van der Waals surface area contributed by atoms with Crippen LogP contribution in [0.4, 0.5) is 4.39 Å². The number of nitrogens with two attached hydrogens (primary N) is 1. The number of likely N-dealkylation sites (tertiary alicyclic amines) is 1. The summed E-state index contributed by atoms with van der Waals surface area (Å²) in [6.45, 7) is 2.21. The molecule has 0 aliphatic carbocycles. The molecule has 1 aromatic carbocycles. The van der Waals surface area contributed by atoms with E-state index in [0.29, 0.717) is 6.54 Å². The molecular weight excluding hydrogens is 299 g/mol. The van der Waals surface area contributed by atoms with Crippen molar-refractivity contribution in [3.63, 3.8) is 0 Å². The average Bonchev–Trinajstić information content (AvgIpc) is 3.18. The van der Waals surface area contributed by atoms with Crippen LogP contribution in [0, 0.1) is 17.1 Å². The van der Waals surface area contributed by atoms with Crippen molar-refractivity contribution in [3.05, 3.63) is 47.0 Å². The molecule has 23 heavy (non-hydrogen) atoms. The third kappa shape index (κ3) is 3.19. The number of carbonyl (C=O) groups excluding carboxylic acids is 1. The molecule has 1 aromatic heterocycles. The van der Waals surface area contributed by atoms with E-state index in [2.05, 4.69) is 15.2 Å². The van der Waals surface area contributed by atoms with Crippen LogP contribution in [-0.4, -0.2) is 38.9 Å². The SMILES string of the molecule is N#Cc1cc(CN2CCC(n3cc(C(N)=O)nn3)C2)ccc1F. The summed E-state index contributed by atoms with van der Waals surface area (Å²) in [7, 11) is 0. The van der Waals surface area contributed by atoms with Gasteiger partial charge >= 0.3 is 0 Å². The Labute approximate surface area is 132 Å². The first-order chi connectivity index (χ1) is 11.1. The molecular formula is C15H15FN6O.